The molecule has 0 aliphatic carbocycles. The largest absolute Gasteiger partial charge is 0.496 e. The third-order valence-corrected chi connectivity index (χ3v) is 3.92. The van der Waals surface area contributed by atoms with E-state index >= 15 is 0 Å². The molecule has 1 aromatic rings. The molecule has 0 radical (unpaired) electrons. The van der Waals surface area contributed by atoms with E-state index in [1.54, 1.807) is 19.3 Å². The number of hydrogen-bond donors (Lipinski definition) is 1. The zero-order valence-electron chi connectivity index (χ0n) is 16.6. The Balaban J connectivity index is 3.05. The topological polar surface area (TPSA) is 72.8 Å². The van der Waals surface area contributed by atoms with Crippen molar-refractivity contribution in [3.8, 4) is 5.75 Å². The highest BCUT2D eigenvalue weighted by atomic mass is 16.5. The van der Waals surface area contributed by atoms with E-state index in [0.717, 1.165) is 28.5 Å². The van der Waals surface area contributed by atoms with Crippen LogP contribution in [-0.2, 0) is 20.7 Å². The lowest BCUT2D eigenvalue weighted by Gasteiger charge is -2.17. The zero-order chi connectivity index (χ0) is 20.4. The van der Waals surface area contributed by atoms with Gasteiger partial charge in [-0.2, -0.15) is 0 Å². The van der Waals surface area contributed by atoms with E-state index in [9.17, 15) is 9.59 Å². The third kappa shape index (κ3) is 8.40. The predicted molar refractivity (Wildman–Crippen MR) is 107 cm³/mol. The van der Waals surface area contributed by atoms with Crippen LogP contribution in [0.2, 0.25) is 0 Å². The number of hydrogen-bond acceptors (Lipinski definition) is 4. The minimum Gasteiger partial charge on any atom is -0.496 e. The Hall–Kier alpha value is -2.82. The fourth-order valence-corrected chi connectivity index (χ4v) is 2.50. The van der Waals surface area contributed by atoms with Gasteiger partial charge in [0.25, 0.3) is 0 Å². The number of carboxylic acid groups (broad SMARTS) is 1. The normalized spacial score (nSPS) is 12.6. The molecule has 0 aromatic heterocycles. The van der Waals surface area contributed by atoms with E-state index in [1.165, 1.54) is 12.5 Å². The number of carbonyl (C=O) groups is 2. The van der Waals surface area contributed by atoms with Crippen LogP contribution in [-0.4, -0.2) is 30.3 Å². The summed E-state index contributed by atoms with van der Waals surface area (Å²) in [7, 11) is 1.60. The van der Waals surface area contributed by atoms with Crippen LogP contribution in [0.4, 0.5) is 0 Å². The number of benzene rings is 1. The van der Waals surface area contributed by atoms with Gasteiger partial charge in [-0.25, -0.2) is 4.79 Å². The molecule has 0 saturated heterocycles. The van der Waals surface area contributed by atoms with Gasteiger partial charge in [-0.3, -0.25) is 4.79 Å². The lowest BCUT2D eigenvalue weighted by molar-refractivity contribution is -0.144. The molecule has 0 bridgehead atoms. The maximum absolute atomic E-state index is 11.4. The standard InChI is InChI=1S/C22H28O5/c1-15(2)6-11-20(27-17(4)23)16(3)7-10-19-14-18(9-13-22(24)25)8-12-21(19)26-5/h6-9,12-14,20H,10-11H2,1-5H3,(H,24,25)/t20-/m1/s1. The maximum Gasteiger partial charge on any atom is 0.328 e. The summed E-state index contributed by atoms with van der Waals surface area (Å²) >= 11 is 0. The molecule has 1 atom stereocenters. The van der Waals surface area contributed by atoms with Gasteiger partial charge in [0.05, 0.1) is 7.11 Å². The third-order valence-electron chi connectivity index (χ3n) is 3.92. The first kappa shape index (κ1) is 22.2. The van der Waals surface area contributed by atoms with Crippen molar-refractivity contribution in [2.45, 2.75) is 46.6 Å². The Kier molecular flexibility index (Phi) is 9.06. The van der Waals surface area contributed by atoms with Crippen LogP contribution in [0, 0.1) is 0 Å². The molecule has 0 heterocycles. The number of methoxy groups -OCH3 is 1. The van der Waals surface area contributed by atoms with Crippen LogP contribution in [0.15, 0.2) is 47.6 Å². The fourth-order valence-electron chi connectivity index (χ4n) is 2.50. The molecule has 146 valence electrons. The Morgan fingerprint density at radius 3 is 2.41 bits per heavy atom. The molecule has 0 spiro atoms. The summed E-state index contributed by atoms with van der Waals surface area (Å²) in [5.74, 6) is -0.584. The molecule has 0 amide bonds. The predicted octanol–water partition coefficient (Wildman–Crippen LogP) is 4.57. The molecular formula is C22H28O5. The second-order valence-corrected chi connectivity index (χ2v) is 6.51. The van der Waals surface area contributed by atoms with Crippen LogP contribution in [0.25, 0.3) is 6.08 Å². The lowest BCUT2D eigenvalue weighted by atomic mass is 10.0. The van der Waals surface area contributed by atoms with E-state index in [4.69, 9.17) is 14.6 Å². The molecular weight excluding hydrogens is 344 g/mol. The van der Waals surface area contributed by atoms with E-state index in [1.807, 2.05) is 45.1 Å². The van der Waals surface area contributed by atoms with E-state index < -0.39 is 5.97 Å². The second kappa shape index (κ2) is 11.0. The summed E-state index contributed by atoms with van der Waals surface area (Å²) in [6.07, 6.45) is 7.59. The number of rotatable bonds is 9. The van der Waals surface area contributed by atoms with Gasteiger partial charge in [0.2, 0.25) is 0 Å². The lowest BCUT2D eigenvalue weighted by Crippen LogP contribution is -2.17. The van der Waals surface area contributed by atoms with Crippen LogP contribution in [0.5, 0.6) is 5.75 Å². The molecule has 0 unspecified atom stereocenters. The van der Waals surface area contributed by atoms with Crippen LogP contribution in [0.1, 0.15) is 45.2 Å². The number of aliphatic carboxylic acids is 1. The molecule has 1 rings (SSSR count). The van der Waals surface area contributed by atoms with E-state index in [0.29, 0.717) is 12.8 Å². The molecule has 0 saturated carbocycles. The van der Waals surface area contributed by atoms with E-state index in [-0.39, 0.29) is 12.1 Å². The highest BCUT2D eigenvalue weighted by molar-refractivity contribution is 5.85. The van der Waals surface area contributed by atoms with Crippen molar-refractivity contribution in [2.24, 2.45) is 0 Å². The minimum atomic E-state index is -0.994. The summed E-state index contributed by atoms with van der Waals surface area (Å²) in [6.45, 7) is 7.35. The van der Waals surface area contributed by atoms with Crippen molar-refractivity contribution < 1.29 is 24.2 Å². The first-order valence-electron chi connectivity index (χ1n) is 8.78. The second-order valence-electron chi connectivity index (χ2n) is 6.51. The van der Waals surface area contributed by atoms with Gasteiger partial charge in [0.1, 0.15) is 11.9 Å². The van der Waals surface area contributed by atoms with Gasteiger partial charge in [-0.15, -0.1) is 0 Å². The van der Waals surface area contributed by atoms with Crippen molar-refractivity contribution >= 4 is 18.0 Å². The van der Waals surface area contributed by atoms with Crippen LogP contribution in [0.3, 0.4) is 0 Å². The van der Waals surface area contributed by atoms with Gasteiger partial charge in [0, 0.05) is 19.4 Å². The smallest absolute Gasteiger partial charge is 0.328 e. The maximum atomic E-state index is 11.4. The minimum absolute atomic E-state index is 0.307. The zero-order valence-corrected chi connectivity index (χ0v) is 16.6. The van der Waals surface area contributed by atoms with Crippen LogP contribution >= 0.6 is 0 Å². The van der Waals surface area contributed by atoms with Gasteiger partial charge in [0.15, 0.2) is 0 Å². The number of esters is 1. The summed E-state index contributed by atoms with van der Waals surface area (Å²) < 4.78 is 10.8. The average Bonchev–Trinajstić information content (AvgIpc) is 2.60. The molecule has 1 aromatic carbocycles. The van der Waals surface area contributed by atoms with Gasteiger partial charge in [-0.1, -0.05) is 23.8 Å². The fraction of sp³-hybridized carbons (Fsp3) is 0.364. The van der Waals surface area contributed by atoms with Gasteiger partial charge in [-0.05, 0) is 62.1 Å². The summed E-state index contributed by atoms with van der Waals surface area (Å²) in [4.78, 5) is 22.1. The Morgan fingerprint density at radius 1 is 1.15 bits per heavy atom. The first-order valence-corrected chi connectivity index (χ1v) is 8.78. The highest BCUT2D eigenvalue weighted by Gasteiger charge is 2.13. The van der Waals surface area contributed by atoms with Crippen molar-refractivity contribution in [3.05, 3.63) is 58.7 Å². The summed E-state index contributed by atoms with van der Waals surface area (Å²) in [5, 5.41) is 8.78. The Bertz CT molecular complexity index is 752. The monoisotopic (exact) mass is 372 g/mol. The molecule has 0 aliphatic heterocycles. The molecule has 1 N–H and O–H groups in total. The van der Waals surface area contributed by atoms with Gasteiger partial charge < -0.3 is 14.6 Å². The molecule has 0 aliphatic rings. The van der Waals surface area contributed by atoms with E-state index in [2.05, 4.69) is 0 Å². The molecule has 0 fully saturated rings. The van der Waals surface area contributed by atoms with Crippen LogP contribution < -0.4 is 4.74 Å². The molecule has 5 nitrogen and oxygen atoms in total. The number of carbonyl (C=O) groups excluding carboxylic acids is 1. The first-order chi connectivity index (χ1) is 12.7. The number of carboxylic acids is 1. The van der Waals surface area contributed by atoms with Gasteiger partial charge >= 0.3 is 11.9 Å². The van der Waals surface area contributed by atoms with Crippen molar-refractivity contribution in [2.75, 3.05) is 7.11 Å². The summed E-state index contributed by atoms with van der Waals surface area (Å²) in [6, 6.07) is 5.50. The van der Waals surface area contributed by atoms with Crippen molar-refractivity contribution in [3.63, 3.8) is 0 Å². The SMILES string of the molecule is COc1ccc(C=CC(=O)O)cc1CC=C(C)[C@@H](CC=C(C)C)OC(C)=O. The number of ether oxygens (including phenoxy) is 2. The Morgan fingerprint density at radius 2 is 1.85 bits per heavy atom. The highest BCUT2D eigenvalue weighted by Crippen LogP contribution is 2.23. The number of allylic oxidation sites excluding steroid dienone is 2. The van der Waals surface area contributed by atoms with Crippen molar-refractivity contribution in [1.29, 1.82) is 0 Å². The quantitative estimate of drug-likeness (QED) is 0.390. The average molecular weight is 372 g/mol. The molecule has 27 heavy (non-hydrogen) atoms. The molecule has 5 heteroatoms. The Labute approximate surface area is 161 Å². The van der Waals surface area contributed by atoms with Crippen molar-refractivity contribution in [1.82, 2.24) is 0 Å². The summed E-state index contributed by atoms with van der Waals surface area (Å²) in [5.41, 5.74) is 3.82.